The van der Waals surface area contributed by atoms with E-state index in [0.717, 1.165) is 30.5 Å². The fraction of sp³-hybridized carbons (Fsp3) is 0.400. The maximum Gasteiger partial charge on any atom is 0.416 e. The Kier molecular flexibility index (Phi) is 7.59. The molecular formula is C20H20ClF6NO. The van der Waals surface area contributed by atoms with E-state index in [9.17, 15) is 26.3 Å². The van der Waals surface area contributed by atoms with Crippen LogP contribution < -0.4 is 5.32 Å². The number of alkyl halides is 6. The van der Waals surface area contributed by atoms with Gasteiger partial charge >= 0.3 is 12.4 Å². The molecule has 1 heterocycles. The molecule has 0 radical (unpaired) electrons. The van der Waals surface area contributed by atoms with Gasteiger partial charge in [0.25, 0.3) is 0 Å². The summed E-state index contributed by atoms with van der Waals surface area (Å²) in [5, 5.41) is 3.36. The first-order valence-electron chi connectivity index (χ1n) is 8.82. The highest BCUT2D eigenvalue weighted by Gasteiger charge is 2.36. The molecule has 0 aromatic heterocycles. The summed E-state index contributed by atoms with van der Waals surface area (Å²) in [7, 11) is 0. The molecule has 0 aliphatic carbocycles. The number of hydrogen-bond acceptors (Lipinski definition) is 2. The number of hydrogen-bond donors (Lipinski definition) is 1. The average molecular weight is 440 g/mol. The largest absolute Gasteiger partial charge is 0.416 e. The van der Waals surface area contributed by atoms with E-state index in [0.29, 0.717) is 12.1 Å². The first kappa shape index (κ1) is 23.5. The van der Waals surface area contributed by atoms with Gasteiger partial charge in [-0.3, -0.25) is 0 Å². The topological polar surface area (TPSA) is 21.3 Å². The van der Waals surface area contributed by atoms with Crippen molar-refractivity contribution in [3.05, 3.63) is 70.3 Å². The van der Waals surface area contributed by atoms with Crippen LogP contribution >= 0.6 is 12.4 Å². The Morgan fingerprint density at radius 1 is 0.897 bits per heavy atom. The standard InChI is InChI=1S/C20H19F6NO.ClH/c21-19(22,23)15-8-13(9-16(10-15)20(24,25)26)11-28-12-14-4-1-2-5-17(14)18-6-3-7-27-18;/h1-2,4-5,8-10,18,27H,3,6-7,11-12H2;1H. The molecule has 1 unspecified atom stereocenters. The molecule has 1 fully saturated rings. The van der Waals surface area contributed by atoms with Crippen LogP contribution in [-0.4, -0.2) is 6.54 Å². The number of halogens is 7. The van der Waals surface area contributed by atoms with E-state index in [1.54, 1.807) is 0 Å². The van der Waals surface area contributed by atoms with Crippen LogP contribution in [0.2, 0.25) is 0 Å². The fourth-order valence-corrected chi connectivity index (χ4v) is 3.34. The summed E-state index contributed by atoms with van der Waals surface area (Å²) in [6.45, 7) is 0.662. The highest BCUT2D eigenvalue weighted by molar-refractivity contribution is 5.85. The molecule has 0 amide bonds. The smallest absolute Gasteiger partial charge is 0.372 e. The summed E-state index contributed by atoms with van der Waals surface area (Å²) in [5.41, 5.74) is -0.934. The Hall–Kier alpha value is -1.77. The number of nitrogens with one attached hydrogen (secondary N) is 1. The molecule has 2 aromatic carbocycles. The zero-order chi connectivity index (χ0) is 20.4. The number of ether oxygens (including phenoxy) is 1. The van der Waals surface area contributed by atoms with Crippen molar-refractivity contribution in [1.82, 2.24) is 5.32 Å². The summed E-state index contributed by atoms with van der Waals surface area (Å²) in [6.07, 6.45) is -7.71. The van der Waals surface area contributed by atoms with E-state index < -0.39 is 23.5 Å². The van der Waals surface area contributed by atoms with Gasteiger partial charge in [-0.2, -0.15) is 26.3 Å². The second kappa shape index (κ2) is 9.36. The predicted molar refractivity (Wildman–Crippen MR) is 98.6 cm³/mol. The van der Waals surface area contributed by atoms with Crippen LogP contribution in [0.5, 0.6) is 0 Å². The van der Waals surface area contributed by atoms with Gasteiger partial charge in [-0.1, -0.05) is 24.3 Å². The summed E-state index contributed by atoms with van der Waals surface area (Å²) >= 11 is 0. The van der Waals surface area contributed by atoms with Crippen LogP contribution in [0.25, 0.3) is 0 Å². The Labute approximate surface area is 170 Å². The van der Waals surface area contributed by atoms with Gasteiger partial charge in [-0.05, 0) is 54.3 Å². The zero-order valence-electron chi connectivity index (χ0n) is 15.2. The van der Waals surface area contributed by atoms with Gasteiger partial charge in [0, 0.05) is 6.04 Å². The summed E-state index contributed by atoms with van der Waals surface area (Å²) in [5.74, 6) is 0. The van der Waals surface area contributed by atoms with E-state index in [-0.39, 0.29) is 43.3 Å². The lowest BCUT2D eigenvalue weighted by Gasteiger charge is -2.17. The van der Waals surface area contributed by atoms with Gasteiger partial charge in [0.1, 0.15) is 0 Å². The van der Waals surface area contributed by atoms with Gasteiger partial charge in [0.05, 0.1) is 24.3 Å². The Bertz CT molecular complexity index is 783. The third-order valence-corrected chi connectivity index (χ3v) is 4.66. The highest BCUT2D eigenvalue weighted by atomic mass is 35.5. The third-order valence-electron chi connectivity index (χ3n) is 4.66. The monoisotopic (exact) mass is 439 g/mol. The molecule has 0 bridgehead atoms. The zero-order valence-corrected chi connectivity index (χ0v) is 16.1. The number of benzene rings is 2. The number of rotatable bonds is 5. The molecule has 1 saturated heterocycles. The van der Waals surface area contributed by atoms with Gasteiger partial charge in [-0.15, -0.1) is 12.4 Å². The summed E-state index contributed by atoms with van der Waals surface area (Å²) < 4.78 is 83.1. The minimum absolute atomic E-state index is 0. The fourth-order valence-electron chi connectivity index (χ4n) is 3.34. The molecule has 3 rings (SSSR count). The van der Waals surface area contributed by atoms with Crippen LogP contribution in [0.4, 0.5) is 26.3 Å². The van der Waals surface area contributed by atoms with E-state index in [4.69, 9.17) is 4.74 Å². The summed E-state index contributed by atoms with van der Waals surface area (Å²) in [4.78, 5) is 0. The normalized spacial score (nSPS) is 17.2. The van der Waals surface area contributed by atoms with Crippen molar-refractivity contribution in [2.24, 2.45) is 0 Å². The second-order valence-electron chi connectivity index (χ2n) is 6.75. The highest BCUT2D eigenvalue weighted by Crippen LogP contribution is 2.36. The van der Waals surface area contributed by atoms with Crippen molar-refractivity contribution in [2.75, 3.05) is 6.54 Å². The molecule has 9 heteroatoms. The molecule has 1 atom stereocenters. The van der Waals surface area contributed by atoms with Gasteiger partial charge in [0.15, 0.2) is 0 Å². The molecule has 0 saturated carbocycles. The van der Waals surface area contributed by atoms with Crippen LogP contribution in [0.1, 0.15) is 46.7 Å². The van der Waals surface area contributed by atoms with Crippen LogP contribution in [-0.2, 0) is 30.3 Å². The van der Waals surface area contributed by atoms with E-state index in [1.807, 2.05) is 24.3 Å². The van der Waals surface area contributed by atoms with Gasteiger partial charge in [-0.25, -0.2) is 0 Å². The first-order chi connectivity index (χ1) is 13.1. The Balaban J connectivity index is 0.00000300. The minimum Gasteiger partial charge on any atom is -0.372 e. The lowest BCUT2D eigenvalue weighted by atomic mass is 9.99. The molecule has 2 aromatic rings. The van der Waals surface area contributed by atoms with Gasteiger partial charge < -0.3 is 10.1 Å². The van der Waals surface area contributed by atoms with Crippen LogP contribution in [0, 0.1) is 0 Å². The summed E-state index contributed by atoms with van der Waals surface area (Å²) in [6, 6.07) is 9.20. The molecule has 1 N–H and O–H groups in total. The molecule has 0 spiro atoms. The molecule has 1 aliphatic heterocycles. The second-order valence-corrected chi connectivity index (χ2v) is 6.75. The van der Waals surface area contributed by atoms with E-state index in [2.05, 4.69) is 5.32 Å². The average Bonchev–Trinajstić information content (AvgIpc) is 3.15. The van der Waals surface area contributed by atoms with Crippen LogP contribution in [0.3, 0.4) is 0 Å². The van der Waals surface area contributed by atoms with Crippen molar-refractivity contribution in [3.63, 3.8) is 0 Å². The van der Waals surface area contributed by atoms with Crippen molar-refractivity contribution < 1.29 is 31.1 Å². The molecule has 1 aliphatic rings. The van der Waals surface area contributed by atoms with E-state index >= 15 is 0 Å². The third kappa shape index (κ3) is 6.10. The lowest BCUT2D eigenvalue weighted by molar-refractivity contribution is -0.143. The molecular weight excluding hydrogens is 420 g/mol. The van der Waals surface area contributed by atoms with E-state index in [1.165, 1.54) is 0 Å². The molecule has 29 heavy (non-hydrogen) atoms. The maximum absolute atomic E-state index is 12.9. The van der Waals surface area contributed by atoms with Gasteiger partial charge in [0.2, 0.25) is 0 Å². The van der Waals surface area contributed by atoms with Crippen molar-refractivity contribution in [1.29, 1.82) is 0 Å². The predicted octanol–water partition coefficient (Wildman–Crippen LogP) is 6.29. The van der Waals surface area contributed by atoms with Crippen molar-refractivity contribution in [2.45, 2.75) is 44.4 Å². The molecule has 2 nitrogen and oxygen atoms in total. The lowest BCUT2D eigenvalue weighted by Crippen LogP contribution is -2.15. The quantitative estimate of drug-likeness (QED) is 0.553. The Morgan fingerprint density at radius 3 is 2.07 bits per heavy atom. The Morgan fingerprint density at radius 2 is 1.52 bits per heavy atom. The SMILES string of the molecule is Cl.FC(F)(F)c1cc(COCc2ccccc2C2CCCN2)cc(C(F)(F)F)c1. The molecule has 160 valence electrons. The maximum atomic E-state index is 12.9. The van der Waals surface area contributed by atoms with Crippen molar-refractivity contribution in [3.8, 4) is 0 Å². The first-order valence-corrected chi connectivity index (χ1v) is 8.82. The van der Waals surface area contributed by atoms with Crippen LogP contribution in [0.15, 0.2) is 42.5 Å². The minimum atomic E-state index is -4.86. The van der Waals surface area contributed by atoms with Crippen molar-refractivity contribution >= 4 is 12.4 Å².